The van der Waals surface area contributed by atoms with Crippen molar-refractivity contribution >= 4 is 30.2 Å². The molecule has 1 aliphatic heterocycles. The number of urea groups is 1. The number of ether oxygens (including phenoxy) is 1. The zero-order valence-electron chi connectivity index (χ0n) is 26.5. The van der Waals surface area contributed by atoms with Crippen LogP contribution in [0, 0.1) is 11.8 Å². The molecule has 5 rings (SSSR count). The topological polar surface area (TPSA) is 167 Å². The Balaban J connectivity index is 1.09. The van der Waals surface area contributed by atoms with Crippen LogP contribution in [0.25, 0.3) is 11.1 Å². The summed E-state index contributed by atoms with van der Waals surface area (Å²) in [6.07, 6.45) is 5.12. The van der Waals surface area contributed by atoms with Gasteiger partial charge in [-0.2, -0.15) is 5.10 Å². The summed E-state index contributed by atoms with van der Waals surface area (Å²) < 4.78 is 5.82. The molecule has 0 radical (unpaired) electrons. The molecule has 1 saturated carbocycles. The summed E-state index contributed by atoms with van der Waals surface area (Å²) in [6.45, 7) is 2.76. The molecule has 1 saturated heterocycles. The van der Waals surface area contributed by atoms with Crippen molar-refractivity contribution < 1.29 is 23.9 Å². The third-order valence-electron chi connectivity index (χ3n) is 9.41. The predicted octanol–water partition coefficient (Wildman–Crippen LogP) is 3.07. The second-order valence-corrected chi connectivity index (χ2v) is 12.4. The van der Waals surface area contributed by atoms with Gasteiger partial charge in [0.25, 0.3) is 0 Å². The zero-order chi connectivity index (χ0) is 32.6. The van der Waals surface area contributed by atoms with E-state index in [-0.39, 0.29) is 42.8 Å². The van der Waals surface area contributed by atoms with Crippen molar-refractivity contribution in [1.29, 1.82) is 0 Å². The number of hydrogen-bond donors (Lipinski definition) is 5. The molecule has 5 amide bonds. The van der Waals surface area contributed by atoms with Crippen LogP contribution in [0.4, 0.5) is 9.59 Å². The summed E-state index contributed by atoms with van der Waals surface area (Å²) in [5, 5.41) is 12.5. The van der Waals surface area contributed by atoms with Gasteiger partial charge in [0.1, 0.15) is 12.6 Å². The molecule has 12 nitrogen and oxygen atoms in total. The van der Waals surface area contributed by atoms with E-state index in [0.29, 0.717) is 25.3 Å². The van der Waals surface area contributed by atoms with Crippen LogP contribution in [0.1, 0.15) is 62.5 Å². The minimum absolute atomic E-state index is 0.0480. The zero-order valence-corrected chi connectivity index (χ0v) is 26.5. The minimum Gasteiger partial charge on any atom is -0.448 e. The smallest absolute Gasteiger partial charge is 0.410 e. The van der Waals surface area contributed by atoms with Crippen LogP contribution in [0.15, 0.2) is 53.6 Å². The number of amides is 5. The quantitative estimate of drug-likeness (QED) is 0.200. The molecule has 0 unspecified atom stereocenters. The van der Waals surface area contributed by atoms with Crippen molar-refractivity contribution in [2.75, 3.05) is 26.7 Å². The Bertz CT molecular complexity index is 1390. The summed E-state index contributed by atoms with van der Waals surface area (Å²) in [4.78, 5) is 52.1. The normalized spacial score (nSPS) is 22.9. The Hall–Kier alpha value is -4.45. The molecule has 12 heteroatoms. The number of hydrogen-bond acceptors (Lipinski definition) is 7. The number of likely N-dealkylation sites (tertiary alicyclic amines) is 1. The average molecular weight is 632 g/mol. The molecule has 3 aliphatic rings. The molecule has 1 heterocycles. The number of rotatable bonds is 10. The SMILES string of the molecule is CC[C@@H](/C=N/NC(=O)NC[C@H]1CC[C@H](C(=O)NC)CC1)NC(=O)[C@@H]1C[C@@H](N)CN1C(=O)OCC1c2ccccc2-c2ccccc21. The van der Waals surface area contributed by atoms with Crippen LogP contribution in [-0.4, -0.2) is 79.9 Å². The van der Waals surface area contributed by atoms with E-state index in [1.165, 1.54) is 11.1 Å². The standard InChI is InChI=1S/C34H45N7O5/c1-3-24(18-38-40-33(44)37-17-21-12-14-22(15-13-21)31(42)36-2)39-32(43)30-16-23(35)19-41(30)34(45)46-20-29-27-10-6-4-8-25(27)26-9-5-7-11-28(26)29/h4-11,18,21-24,29-30H,3,12-17,19-20,35H2,1-2H3,(H,36,42)(H,39,43)(H2,37,40,44)/b38-18+/t21-,22-,23-,24+,30+/m1/s1. The Kier molecular flexibility index (Phi) is 10.9. The van der Waals surface area contributed by atoms with E-state index < -0.39 is 24.2 Å². The van der Waals surface area contributed by atoms with E-state index in [1.54, 1.807) is 7.05 Å². The summed E-state index contributed by atoms with van der Waals surface area (Å²) in [7, 11) is 1.65. The lowest BCUT2D eigenvalue weighted by Gasteiger charge is -2.27. The first-order valence-corrected chi connectivity index (χ1v) is 16.2. The van der Waals surface area contributed by atoms with Crippen LogP contribution in [0.5, 0.6) is 0 Å². The monoisotopic (exact) mass is 631 g/mol. The third-order valence-corrected chi connectivity index (χ3v) is 9.41. The van der Waals surface area contributed by atoms with Crippen molar-refractivity contribution in [3.05, 3.63) is 59.7 Å². The van der Waals surface area contributed by atoms with Gasteiger partial charge in [-0.3, -0.25) is 14.5 Å². The van der Waals surface area contributed by atoms with Gasteiger partial charge < -0.3 is 26.4 Å². The molecule has 2 aromatic carbocycles. The van der Waals surface area contributed by atoms with Crippen LogP contribution in [0.2, 0.25) is 0 Å². The van der Waals surface area contributed by atoms with Crippen molar-refractivity contribution in [3.63, 3.8) is 0 Å². The molecule has 6 N–H and O–H groups in total. The lowest BCUT2D eigenvalue weighted by atomic mass is 9.81. The summed E-state index contributed by atoms with van der Waals surface area (Å²) in [6, 6.07) is 14.2. The Morgan fingerprint density at radius 1 is 1.00 bits per heavy atom. The van der Waals surface area contributed by atoms with Gasteiger partial charge in [0.2, 0.25) is 11.8 Å². The maximum Gasteiger partial charge on any atom is 0.410 e. The second kappa shape index (κ2) is 15.2. The highest BCUT2D eigenvalue weighted by Gasteiger charge is 2.40. The van der Waals surface area contributed by atoms with Crippen molar-refractivity contribution in [3.8, 4) is 11.1 Å². The first-order valence-electron chi connectivity index (χ1n) is 16.2. The number of benzene rings is 2. The van der Waals surface area contributed by atoms with Crippen LogP contribution < -0.4 is 27.1 Å². The third kappa shape index (κ3) is 7.67. The molecule has 246 valence electrons. The number of nitrogens with one attached hydrogen (secondary N) is 4. The van der Waals surface area contributed by atoms with Crippen LogP contribution >= 0.6 is 0 Å². The highest BCUT2D eigenvalue weighted by molar-refractivity contribution is 5.89. The number of nitrogens with zero attached hydrogens (tertiary/aromatic N) is 2. The average Bonchev–Trinajstić information content (AvgIpc) is 3.63. The van der Waals surface area contributed by atoms with Gasteiger partial charge in [-0.25, -0.2) is 15.0 Å². The van der Waals surface area contributed by atoms with Crippen molar-refractivity contribution in [2.45, 2.75) is 69.5 Å². The van der Waals surface area contributed by atoms with E-state index in [2.05, 4.69) is 50.7 Å². The predicted molar refractivity (Wildman–Crippen MR) is 175 cm³/mol. The highest BCUT2D eigenvalue weighted by Crippen LogP contribution is 2.44. The first-order chi connectivity index (χ1) is 22.3. The first kappa shape index (κ1) is 32.9. The molecule has 2 aliphatic carbocycles. The van der Waals surface area contributed by atoms with Crippen LogP contribution in [-0.2, 0) is 14.3 Å². The molecule has 2 aromatic rings. The Morgan fingerprint density at radius 2 is 1.65 bits per heavy atom. The molecule has 0 aromatic heterocycles. The summed E-state index contributed by atoms with van der Waals surface area (Å²) >= 11 is 0. The van der Waals surface area contributed by atoms with E-state index >= 15 is 0 Å². The van der Waals surface area contributed by atoms with Crippen molar-refractivity contribution in [2.24, 2.45) is 22.7 Å². The van der Waals surface area contributed by atoms with E-state index in [1.807, 2.05) is 31.2 Å². The molecule has 2 fully saturated rings. The van der Waals surface area contributed by atoms with E-state index in [0.717, 1.165) is 47.9 Å². The molecular formula is C34H45N7O5. The molecular weight excluding hydrogens is 586 g/mol. The van der Waals surface area contributed by atoms with E-state index in [4.69, 9.17) is 10.5 Å². The molecule has 46 heavy (non-hydrogen) atoms. The Morgan fingerprint density at radius 3 is 2.28 bits per heavy atom. The van der Waals surface area contributed by atoms with Crippen molar-refractivity contribution in [1.82, 2.24) is 26.3 Å². The van der Waals surface area contributed by atoms with Crippen LogP contribution in [0.3, 0.4) is 0 Å². The number of carbonyl (C=O) groups is 4. The molecule has 3 atom stereocenters. The molecule has 0 spiro atoms. The number of nitrogens with two attached hydrogens (primary N) is 1. The maximum absolute atomic E-state index is 13.3. The fraction of sp³-hybridized carbons (Fsp3) is 0.500. The highest BCUT2D eigenvalue weighted by atomic mass is 16.6. The molecule has 0 bridgehead atoms. The van der Waals surface area contributed by atoms with Gasteiger partial charge in [0, 0.05) is 44.2 Å². The fourth-order valence-corrected chi connectivity index (χ4v) is 6.81. The van der Waals surface area contributed by atoms with Gasteiger partial charge in [0.15, 0.2) is 0 Å². The summed E-state index contributed by atoms with van der Waals surface area (Å²) in [5.41, 5.74) is 13.2. The van der Waals surface area contributed by atoms with E-state index in [9.17, 15) is 19.2 Å². The largest absolute Gasteiger partial charge is 0.448 e. The second-order valence-electron chi connectivity index (χ2n) is 12.4. The minimum atomic E-state index is -0.775. The summed E-state index contributed by atoms with van der Waals surface area (Å²) in [5.74, 6) is 0.00465. The van der Waals surface area contributed by atoms with Gasteiger partial charge >= 0.3 is 12.1 Å². The Labute approximate surface area is 269 Å². The fourth-order valence-electron chi connectivity index (χ4n) is 6.81. The maximum atomic E-state index is 13.3. The van der Waals surface area contributed by atoms with Gasteiger partial charge in [-0.05, 0) is 66.7 Å². The van der Waals surface area contributed by atoms with Gasteiger partial charge in [-0.1, -0.05) is 55.5 Å². The van der Waals surface area contributed by atoms with Gasteiger partial charge in [-0.15, -0.1) is 0 Å². The lowest BCUT2D eigenvalue weighted by molar-refractivity contribution is -0.126. The number of hydrazone groups is 1. The van der Waals surface area contributed by atoms with Gasteiger partial charge in [0.05, 0.1) is 6.04 Å². The lowest BCUT2D eigenvalue weighted by Crippen LogP contribution is -2.49. The number of carbonyl (C=O) groups excluding carboxylic acids is 4. The number of fused-ring (bicyclic) bond motifs is 3.